The summed E-state index contributed by atoms with van der Waals surface area (Å²) in [6.07, 6.45) is -2.21. The number of imide groups is 1. The Hall–Kier alpha value is -4.15. The molecule has 2 aliphatic rings. The van der Waals surface area contributed by atoms with Crippen molar-refractivity contribution in [1.29, 1.82) is 0 Å². The molecule has 38 heavy (non-hydrogen) atoms. The van der Waals surface area contributed by atoms with Gasteiger partial charge in [0.1, 0.15) is 18.4 Å². The maximum absolute atomic E-state index is 13.6. The molecule has 0 N–H and O–H groups in total. The van der Waals surface area contributed by atoms with Gasteiger partial charge in [0, 0.05) is 24.1 Å². The predicted octanol–water partition coefficient (Wildman–Crippen LogP) is 5.19. The first-order chi connectivity index (χ1) is 18.0. The van der Waals surface area contributed by atoms with E-state index in [1.54, 1.807) is 24.5 Å². The number of amides is 3. The lowest BCUT2D eigenvalue weighted by Crippen LogP contribution is -2.51. The van der Waals surface area contributed by atoms with Crippen molar-refractivity contribution in [2.24, 2.45) is 0 Å². The van der Waals surface area contributed by atoms with Gasteiger partial charge in [0.05, 0.1) is 12.5 Å². The molecule has 1 aliphatic carbocycles. The summed E-state index contributed by atoms with van der Waals surface area (Å²) in [6, 6.07) is 9.49. The fraction of sp³-hybridized carbons (Fsp3) is 0.296. The van der Waals surface area contributed by atoms with Crippen LogP contribution in [-0.4, -0.2) is 46.5 Å². The molecule has 11 heteroatoms. The Bertz CT molecular complexity index is 1390. The van der Waals surface area contributed by atoms with Crippen LogP contribution < -0.4 is 0 Å². The summed E-state index contributed by atoms with van der Waals surface area (Å²) < 4.78 is 64.7. The lowest BCUT2D eigenvalue weighted by Gasteiger charge is -2.31. The Balaban J connectivity index is 1.39. The van der Waals surface area contributed by atoms with Crippen molar-refractivity contribution in [2.45, 2.75) is 44.1 Å². The number of halogens is 4. The van der Waals surface area contributed by atoms with Crippen LogP contribution >= 0.6 is 0 Å². The van der Waals surface area contributed by atoms with Gasteiger partial charge < -0.3 is 14.1 Å². The van der Waals surface area contributed by atoms with E-state index in [2.05, 4.69) is 0 Å². The normalized spacial score (nSPS) is 19.6. The molecule has 1 spiro atoms. The summed E-state index contributed by atoms with van der Waals surface area (Å²) in [7, 11) is 0. The van der Waals surface area contributed by atoms with Crippen molar-refractivity contribution >= 4 is 17.9 Å². The highest BCUT2D eigenvalue weighted by atomic mass is 19.4. The standard InChI is InChI=1S/C27H22F4N2O5/c1-16(27(29,30)31)32(13-17-2-5-21(28)6-3-17)23(34)14-33-24(35)26(38-25(33)36)10-8-19-12-18(4-7-22(19)26)20-9-11-37-15-20/h2-7,9,11-12,15-16H,8,10,13-14H2,1H3/t16-,26+/m0/s1. The van der Waals surface area contributed by atoms with Crippen molar-refractivity contribution in [3.05, 3.63) is 83.6 Å². The fourth-order valence-electron chi connectivity index (χ4n) is 4.89. The second-order valence-corrected chi connectivity index (χ2v) is 9.34. The molecule has 2 aromatic carbocycles. The number of rotatable bonds is 6. The number of fused-ring (bicyclic) bond motifs is 2. The Morgan fingerprint density at radius 1 is 1.11 bits per heavy atom. The molecule has 1 aromatic heterocycles. The maximum Gasteiger partial charge on any atom is 0.418 e. The van der Waals surface area contributed by atoms with Crippen molar-refractivity contribution in [3.63, 3.8) is 0 Å². The zero-order valence-corrected chi connectivity index (χ0v) is 20.1. The predicted molar refractivity (Wildman–Crippen MR) is 125 cm³/mol. The first-order valence-electron chi connectivity index (χ1n) is 11.8. The van der Waals surface area contributed by atoms with Gasteiger partial charge >= 0.3 is 12.3 Å². The molecule has 5 rings (SSSR count). The molecule has 0 bridgehead atoms. The number of ether oxygens (including phenoxy) is 1. The van der Waals surface area contributed by atoms with E-state index in [1.807, 2.05) is 6.07 Å². The van der Waals surface area contributed by atoms with E-state index in [-0.39, 0.29) is 12.0 Å². The van der Waals surface area contributed by atoms with Crippen LogP contribution in [0.15, 0.2) is 65.5 Å². The molecule has 1 fully saturated rings. The van der Waals surface area contributed by atoms with Crippen LogP contribution in [0, 0.1) is 5.82 Å². The van der Waals surface area contributed by atoms with E-state index in [0.29, 0.717) is 21.8 Å². The highest BCUT2D eigenvalue weighted by Crippen LogP contribution is 2.46. The van der Waals surface area contributed by atoms with Crippen LogP contribution in [0.3, 0.4) is 0 Å². The average molecular weight is 530 g/mol. The lowest BCUT2D eigenvalue weighted by molar-refractivity contribution is -0.187. The zero-order chi connectivity index (χ0) is 27.2. The molecule has 7 nitrogen and oxygen atoms in total. The number of hydrogen-bond donors (Lipinski definition) is 0. The first-order valence-corrected chi connectivity index (χ1v) is 11.8. The average Bonchev–Trinajstić information content (AvgIpc) is 3.59. The summed E-state index contributed by atoms with van der Waals surface area (Å²) in [5.41, 5.74) is 1.54. The zero-order valence-electron chi connectivity index (χ0n) is 20.1. The first kappa shape index (κ1) is 25.5. The minimum Gasteiger partial charge on any atom is -0.472 e. The van der Waals surface area contributed by atoms with Crippen molar-refractivity contribution in [3.8, 4) is 11.1 Å². The second kappa shape index (κ2) is 9.30. The van der Waals surface area contributed by atoms with Crippen LogP contribution in [0.1, 0.15) is 30.0 Å². The van der Waals surface area contributed by atoms with Crippen LogP contribution in [0.2, 0.25) is 0 Å². The van der Waals surface area contributed by atoms with Crippen molar-refractivity contribution in [2.75, 3.05) is 6.54 Å². The molecule has 1 saturated heterocycles. The number of aryl methyl sites for hydroxylation is 1. The Kier molecular flexibility index (Phi) is 6.24. The lowest BCUT2D eigenvalue weighted by atomic mass is 9.93. The van der Waals surface area contributed by atoms with Crippen molar-refractivity contribution < 1.29 is 41.1 Å². The van der Waals surface area contributed by atoms with E-state index < -0.39 is 54.6 Å². The Labute approximate surface area is 214 Å². The largest absolute Gasteiger partial charge is 0.472 e. The molecule has 2 atom stereocenters. The third-order valence-electron chi connectivity index (χ3n) is 7.03. The topological polar surface area (TPSA) is 80.1 Å². The number of benzene rings is 2. The maximum atomic E-state index is 13.6. The molecule has 0 radical (unpaired) electrons. The number of carbonyl (C=O) groups is 3. The summed E-state index contributed by atoms with van der Waals surface area (Å²) in [5.74, 6) is -2.48. The number of carbonyl (C=O) groups excluding carboxylic acids is 3. The molecule has 1 aliphatic heterocycles. The van der Waals surface area contributed by atoms with Crippen LogP contribution in [0.4, 0.5) is 22.4 Å². The molecule has 3 amide bonds. The van der Waals surface area contributed by atoms with E-state index in [9.17, 15) is 31.9 Å². The second-order valence-electron chi connectivity index (χ2n) is 9.34. The summed E-state index contributed by atoms with van der Waals surface area (Å²) in [5, 5.41) is 0. The van der Waals surface area contributed by atoms with Gasteiger partial charge in [-0.05, 0) is 48.2 Å². The van der Waals surface area contributed by atoms with Gasteiger partial charge in [-0.2, -0.15) is 13.2 Å². The number of furan rings is 1. The number of hydrogen-bond acceptors (Lipinski definition) is 5. The van der Waals surface area contributed by atoms with Gasteiger partial charge in [-0.15, -0.1) is 0 Å². The molecule has 198 valence electrons. The smallest absolute Gasteiger partial charge is 0.418 e. The van der Waals surface area contributed by atoms with E-state index in [4.69, 9.17) is 9.15 Å². The van der Waals surface area contributed by atoms with Gasteiger partial charge in [0.25, 0.3) is 5.91 Å². The molecular weight excluding hydrogens is 508 g/mol. The third-order valence-corrected chi connectivity index (χ3v) is 7.03. The number of nitrogens with zero attached hydrogens (tertiary/aromatic N) is 2. The third kappa shape index (κ3) is 4.42. The highest BCUT2D eigenvalue weighted by molar-refractivity contribution is 6.06. The van der Waals surface area contributed by atoms with Crippen LogP contribution in [0.25, 0.3) is 11.1 Å². The van der Waals surface area contributed by atoms with E-state index in [1.165, 1.54) is 18.4 Å². The van der Waals surface area contributed by atoms with Gasteiger partial charge in [0.15, 0.2) is 0 Å². The van der Waals surface area contributed by atoms with Gasteiger partial charge in [0.2, 0.25) is 11.5 Å². The summed E-state index contributed by atoms with van der Waals surface area (Å²) in [6.45, 7) is -0.622. The summed E-state index contributed by atoms with van der Waals surface area (Å²) in [4.78, 5) is 40.4. The molecule has 0 saturated carbocycles. The fourth-order valence-corrected chi connectivity index (χ4v) is 4.89. The Morgan fingerprint density at radius 2 is 1.84 bits per heavy atom. The summed E-state index contributed by atoms with van der Waals surface area (Å²) >= 11 is 0. The number of alkyl halides is 3. The minimum absolute atomic E-state index is 0.144. The van der Waals surface area contributed by atoms with Crippen LogP contribution in [-0.2, 0) is 32.9 Å². The van der Waals surface area contributed by atoms with E-state index >= 15 is 0 Å². The van der Waals surface area contributed by atoms with Crippen LogP contribution in [0.5, 0.6) is 0 Å². The molecular formula is C27H22F4N2O5. The Morgan fingerprint density at radius 3 is 2.50 bits per heavy atom. The van der Waals surface area contributed by atoms with Crippen molar-refractivity contribution in [1.82, 2.24) is 9.80 Å². The highest BCUT2D eigenvalue weighted by Gasteiger charge is 2.58. The molecule has 2 heterocycles. The minimum atomic E-state index is -4.77. The monoisotopic (exact) mass is 530 g/mol. The van der Waals surface area contributed by atoms with E-state index in [0.717, 1.165) is 35.7 Å². The quantitative estimate of drug-likeness (QED) is 0.410. The molecule has 3 aromatic rings. The van der Waals surface area contributed by atoms with Gasteiger partial charge in [-0.1, -0.05) is 30.3 Å². The molecule has 0 unspecified atom stereocenters. The van der Waals surface area contributed by atoms with Gasteiger partial charge in [-0.25, -0.2) is 14.1 Å². The SMILES string of the molecule is C[C@H](N(Cc1ccc(F)cc1)C(=O)CN1C(=O)O[C@@]2(CCc3cc(-c4ccoc4)ccc32)C1=O)C(F)(F)F. The van der Waals surface area contributed by atoms with Gasteiger partial charge in [-0.3, -0.25) is 9.59 Å².